The van der Waals surface area contributed by atoms with Crippen LogP contribution in [0.4, 0.5) is 8.78 Å². The summed E-state index contributed by atoms with van der Waals surface area (Å²) in [6.07, 6.45) is 3.11. The van der Waals surface area contributed by atoms with E-state index in [2.05, 4.69) is 0 Å². The predicted molar refractivity (Wildman–Crippen MR) is 67.4 cm³/mol. The Morgan fingerprint density at radius 3 is 2.68 bits per heavy atom. The molecule has 0 radical (unpaired) electrons. The van der Waals surface area contributed by atoms with Crippen molar-refractivity contribution in [2.24, 2.45) is 23.5 Å². The van der Waals surface area contributed by atoms with Gasteiger partial charge in [-0.1, -0.05) is 0 Å². The van der Waals surface area contributed by atoms with Gasteiger partial charge in [-0.3, -0.25) is 4.79 Å². The van der Waals surface area contributed by atoms with Crippen LogP contribution < -0.4 is 5.73 Å². The Bertz CT molecular complexity index is 515. The molecule has 0 amide bonds. The third-order valence-corrected chi connectivity index (χ3v) is 4.72. The number of nitrogens with two attached hydrogens (primary N) is 1. The number of carbonyl (C=O) groups is 1. The van der Waals surface area contributed by atoms with Crippen LogP contribution in [0.1, 0.15) is 24.8 Å². The molecule has 2 nitrogen and oxygen atoms in total. The lowest BCUT2D eigenvalue weighted by Crippen LogP contribution is -2.40. The summed E-state index contributed by atoms with van der Waals surface area (Å²) in [5.74, 6) is -0.445. The number of rotatable bonds is 3. The average molecular weight is 265 g/mol. The summed E-state index contributed by atoms with van der Waals surface area (Å²) in [6.45, 7) is 0. The molecule has 3 rings (SSSR count). The van der Waals surface area contributed by atoms with Gasteiger partial charge in [-0.25, -0.2) is 8.78 Å². The second-order valence-corrected chi connectivity index (χ2v) is 5.82. The molecule has 2 fully saturated rings. The highest BCUT2D eigenvalue weighted by Gasteiger charge is 2.48. The Labute approximate surface area is 111 Å². The van der Waals surface area contributed by atoms with E-state index < -0.39 is 11.6 Å². The molecule has 1 aromatic carbocycles. The lowest BCUT2D eigenvalue weighted by Gasteiger charge is -2.26. The first-order valence-electron chi connectivity index (χ1n) is 6.78. The molecule has 4 atom stereocenters. The van der Waals surface area contributed by atoms with Gasteiger partial charge in [-0.05, 0) is 54.9 Å². The standard InChI is InChI=1S/C15H17F2NO/c16-11-3-4-12(17)10(6-11)7-13(19)14-8-1-2-9(5-8)15(14)18/h3-4,6,8-9,14-15H,1-2,5,7,18H2. The number of halogens is 2. The van der Waals surface area contributed by atoms with E-state index in [0.717, 1.165) is 37.5 Å². The first-order chi connectivity index (χ1) is 9.06. The van der Waals surface area contributed by atoms with Gasteiger partial charge in [0, 0.05) is 18.4 Å². The number of benzene rings is 1. The third-order valence-electron chi connectivity index (χ3n) is 4.72. The first-order valence-corrected chi connectivity index (χ1v) is 6.78. The molecule has 0 spiro atoms. The molecule has 2 bridgehead atoms. The fourth-order valence-corrected chi connectivity index (χ4v) is 3.80. The second-order valence-electron chi connectivity index (χ2n) is 5.82. The van der Waals surface area contributed by atoms with Crippen LogP contribution in [0.15, 0.2) is 18.2 Å². The maximum Gasteiger partial charge on any atom is 0.142 e. The predicted octanol–water partition coefficient (Wildman–Crippen LogP) is 2.45. The van der Waals surface area contributed by atoms with Gasteiger partial charge in [-0.15, -0.1) is 0 Å². The number of Topliss-reactive ketones (excluding diaryl/α,β-unsaturated/α-hetero) is 1. The van der Waals surface area contributed by atoms with Crippen molar-refractivity contribution in [1.29, 1.82) is 0 Å². The number of hydrogen-bond donors (Lipinski definition) is 1. The lowest BCUT2D eigenvalue weighted by molar-refractivity contribution is -0.124. The molecular weight excluding hydrogens is 248 g/mol. The van der Waals surface area contributed by atoms with E-state index in [9.17, 15) is 13.6 Å². The minimum atomic E-state index is -0.522. The maximum absolute atomic E-state index is 13.6. The fourth-order valence-electron chi connectivity index (χ4n) is 3.80. The van der Waals surface area contributed by atoms with E-state index >= 15 is 0 Å². The second kappa shape index (κ2) is 4.67. The van der Waals surface area contributed by atoms with E-state index in [4.69, 9.17) is 5.73 Å². The van der Waals surface area contributed by atoms with Crippen LogP contribution in [0.25, 0.3) is 0 Å². The summed E-state index contributed by atoms with van der Waals surface area (Å²) in [5, 5.41) is 0. The van der Waals surface area contributed by atoms with Crippen LogP contribution >= 0.6 is 0 Å². The van der Waals surface area contributed by atoms with Gasteiger partial charge in [0.2, 0.25) is 0 Å². The summed E-state index contributed by atoms with van der Waals surface area (Å²) in [6, 6.07) is 3.14. The molecule has 19 heavy (non-hydrogen) atoms. The minimum Gasteiger partial charge on any atom is -0.327 e. The first kappa shape index (κ1) is 12.7. The number of hydrogen-bond acceptors (Lipinski definition) is 2. The Morgan fingerprint density at radius 1 is 1.26 bits per heavy atom. The van der Waals surface area contributed by atoms with Gasteiger partial charge in [0.25, 0.3) is 0 Å². The molecular formula is C15H17F2NO. The quantitative estimate of drug-likeness (QED) is 0.912. The van der Waals surface area contributed by atoms with Crippen LogP contribution in [0, 0.1) is 29.4 Å². The molecule has 0 heterocycles. The highest BCUT2D eigenvalue weighted by molar-refractivity contribution is 5.84. The normalized spacial score (nSPS) is 32.8. The van der Waals surface area contributed by atoms with Gasteiger partial charge in [0.15, 0.2) is 0 Å². The summed E-state index contributed by atoms with van der Waals surface area (Å²) < 4.78 is 26.7. The van der Waals surface area contributed by atoms with Gasteiger partial charge < -0.3 is 5.73 Å². The van der Waals surface area contributed by atoms with E-state index in [0.29, 0.717) is 11.8 Å². The fraction of sp³-hybridized carbons (Fsp3) is 0.533. The van der Waals surface area contributed by atoms with Crippen molar-refractivity contribution >= 4 is 5.78 Å². The molecule has 0 saturated heterocycles. The smallest absolute Gasteiger partial charge is 0.142 e. The van der Waals surface area contributed by atoms with Crippen LogP contribution in [0.5, 0.6) is 0 Å². The Kier molecular flexibility index (Phi) is 3.13. The monoisotopic (exact) mass is 265 g/mol. The number of fused-ring (bicyclic) bond motifs is 2. The third kappa shape index (κ3) is 2.18. The summed E-state index contributed by atoms with van der Waals surface area (Å²) in [7, 11) is 0. The van der Waals surface area contributed by atoms with Gasteiger partial charge in [-0.2, -0.15) is 0 Å². The zero-order valence-electron chi connectivity index (χ0n) is 10.6. The van der Waals surface area contributed by atoms with Crippen LogP contribution in [0.2, 0.25) is 0 Å². The Morgan fingerprint density at radius 2 is 2.00 bits per heavy atom. The van der Waals surface area contributed by atoms with Gasteiger partial charge in [0.1, 0.15) is 17.4 Å². The molecule has 2 aliphatic carbocycles. The van der Waals surface area contributed by atoms with Crippen molar-refractivity contribution in [2.45, 2.75) is 31.7 Å². The van der Waals surface area contributed by atoms with Crippen molar-refractivity contribution in [3.63, 3.8) is 0 Å². The van der Waals surface area contributed by atoms with Crippen molar-refractivity contribution in [3.8, 4) is 0 Å². The van der Waals surface area contributed by atoms with Crippen LogP contribution in [0.3, 0.4) is 0 Å². The average Bonchev–Trinajstić information content (AvgIpc) is 2.94. The van der Waals surface area contributed by atoms with E-state index in [1.54, 1.807) is 0 Å². The molecule has 102 valence electrons. The lowest BCUT2D eigenvalue weighted by atomic mass is 9.80. The Hall–Kier alpha value is -1.29. The SMILES string of the molecule is NC1C2CCC(C2)C1C(=O)Cc1cc(F)ccc1F. The molecule has 4 heteroatoms. The molecule has 2 aliphatic rings. The van der Waals surface area contributed by atoms with E-state index in [-0.39, 0.29) is 29.7 Å². The highest BCUT2D eigenvalue weighted by atomic mass is 19.1. The van der Waals surface area contributed by atoms with E-state index in [1.807, 2.05) is 0 Å². The zero-order chi connectivity index (χ0) is 13.6. The number of ketones is 1. The largest absolute Gasteiger partial charge is 0.327 e. The molecule has 0 aliphatic heterocycles. The zero-order valence-corrected chi connectivity index (χ0v) is 10.6. The maximum atomic E-state index is 13.6. The summed E-state index contributed by atoms with van der Waals surface area (Å²) in [5.41, 5.74) is 6.24. The van der Waals surface area contributed by atoms with Crippen molar-refractivity contribution in [2.75, 3.05) is 0 Å². The topological polar surface area (TPSA) is 43.1 Å². The molecule has 2 N–H and O–H groups in total. The molecule has 1 aromatic rings. The van der Waals surface area contributed by atoms with Crippen LogP contribution in [-0.4, -0.2) is 11.8 Å². The van der Waals surface area contributed by atoms with Crippen molar-refractivity contribution < 1.29 is 13.6 Å². The highest BCUT2D eigenvalue weighted by Crippen LogP contribution is 2.48. The van der Waals surface area contributed by atoms with Crippen molar-refractivity contribution in [3.05, 3.63) is 35.4 Å². The minimum absolute atomic E-state index is 0.0378. The van der Waals surface area contributed by atoms with Gasteiger partial charge >= 0.3 is 0 Å². The molecule has 2 saturated carbocycles. The van der Waals surface area contributed by atoms with E-state index in [1.165, 1.54) is 0 Å². The molecule has 0 aromatic heterocycles. The Balaban J connectivity index is 1.77. The summed E-state index contributed by atoms with van der Waals surface area (Å²) >= 11 is 0. The molecule has 4 unspecified atom stereocenters. The number of carbonyl (C=O) groups excluding carboxylic acids is 1. The summed E-state index contributed by atoms with van der Waals surface area (Å²) in [4.78, 5) is 12.3. The van der Waals surface area contributed by atoms with Crippen LogP contribution in [-0.2, 0) is 11.2 Å². The van der Waals surface area contributed by atoms with Crippen molar-refractivity contribution in [1.82, 2.24) is 0 Å². The van der Waals surface area contributed by atoms with Gasteiger partial charge in [0.05, 0.1) is 0 Å².